The highest BCUT2D eigenvalue weighted by molar-refractivity contribution is 6.00. The Kier molecular flexibility index (Phi) is 5.25. The average Bonchev–Trinajstić information content (AvgIpc) is 3.11. The number of nitrogens with zero attached hydrogens (tertiary/aromatic N) is 2. The number of carbonyl (C=O) groups excluding carboxylic acids is 2. The summed E-state index contributed by atoms with van der Waals surface area (Å²) in [5.41, 5.74) is 2.56. The van der Waals surface area contributed by atoms with Gasteiger partial charge in [-0.25, -0.2) is 0 Å². The molecule has 4 rings (SSSR count). The second-order valence-corrected chi connectivity index (χ2v) is 7.16. The molecule has 1 amide bonds. The van der Waals surface area contributed by atoms with E-state index in [4.69, 9.17) is 9.47 Å². The second-order valence-electron chi connectivity index (χ2n) is 7.16. The van der Waals surface area contributed by atoms with Crippen LogP contribution >= 0.6 is 0 Å². The van der Waals surface area contributed by atoms with Crippen LogP contribution in [-0.2, 0) is 16.1 Å². The van der Waals surface area contributed by atoms with Crippen LogP contribution in [0.3, 0.4) is 0 Å². The number of carbonyl (C=O) groups is 2. The minimum absolute atomic E-state index is 0.0378. The number of benzene rings is 2. The maximum atomic E-state index is 13.3. The van der Waals surface area contributed by atoms with E-state index in [1.807, 2.05) is 64.1 Å². The van der Waals surface area contributed by atoms with E-state index in [0.29, 0.717) is 25.4 Å². The quantitative estimate of drug-likeness (QED) is 0.599. The first kappa shape index (κ1) is 19.1. The Labute approximate surface area is 169 Å². The number of rotatable bonds is 6. The van der Waals surface area contributed by atoms with E-state index in [1.54, 1.807) is 14.0 Å². The monoisotopic (exact) mass is 392 g/mol. The number of methoxy groups -OCH3 is 1. The predicted octanol–water partition coefficient (Wildman–Crippen LogP) is 3.80. The van der Waals surface area contributed by atoms with Gasteiger partial charge in [-0.1, -0.05) is 30.3 Å². The summed E-state index contributed by atoms with van der Waals surface area (Å²) in [5.74, 6) is 0.438. The lowest BCUT2D eigenvalue weighted by atomic mass is 10.1. The fourth-order valence-electron chi connectivity index (χ4n) is 3.99. The van der Waals surface area contributed by atoms with Gasteiger partial charge in [-0.2, -0.15) is 0 Å². The summed E-state index contributed by atoms with van der Waals surface area (Å²) in [4.78, 5) is 27.3. The maximum Gasteiger partial charge on any atom is 0.307 e. The second kappa shape index (κ2) is 7.99. The highest BCUT2D eigenvalue weighted by Gasteiger charge is 2.34. The van der Waals surface area contributed by atoms with E-state index in [1.165, 1.54) is 0 Å². The van der Waals surface area contributed by atoms with E-state index >= 15 is 0 Å². The van der Waals surface area contributed by atoms with Crippen molar-refractivity contribution in [1.29, 1.82) is 0 Å². The number of hydrogen-bond donors (Lipinski definition) is 0. The molecule has 0 spiro atoms. The molecule has 0 radical (unpaired) electrons. The van der Waals surface area contributed by atoms with Gasteiger partial charge in [-0.15, -0.1) is 0 Å². The summed E-state index contributed by atoms with van der Waals surface area (Å²) in [6, 6.07) is 17.3. The number of fused-ring (bicyclic) bond motifs is 3. The molecule has 29 heavy (non-hydrogen) atoms. The van der Waals surface area contributed by atoms with E-state index in [9.17, 15) is 9.59 Å². The molecule has 6 heteroatoms. The zero-order valence-corrected chi connectivity index (χ0v) is 16.6. The van der Waals surface area contributed by atoms with E-state index < -0.39 is 0 Å². The topological polar surface area (TPSA) is 60.8 Å². The van der Waals surface area contributed by atoms with Crippen molar-refractivity contribution in [2.24, 2.45) is 0 Å². The molecule has 0 fully saturated rings. The van der Waals surface area contributed by atoms with Crippen LogP contribution in [0.2, 0.25) is 0 Å². The number of amides is 1. The van der Waals surface area contributed by atoms with Gasteiger partial charge in [-0.05, 0) is 36.8 Å². The Bertz CT molecular complexity index is 1040. The summed E-state index contributed by atoms with van der Waals surface area (Å²) in [7, 11) is 1.62. The van der Waals surface area contributed by atoms with Crippen molar-refractivity contribution in [3.05, 3.63) is 65.9 Å². The van der Waals surface area contributed by atoms with Crippen molar-refractivity contribution in [1.82, 2.24) is 9.47 Å². The third kappa shape index (κ3) is 3.70. The molecule has 1 unspecified atom stereocenters. The largest absolute Gasteiger partial charge is 0.497 e. The fraction of sp³-hybridized carbons (Fsp3) is 0.304. The Morgan fingerprint density at radius 3 is 2.66 bits per heavy atom. The first-order valence-electron chi connectivity index (χ1n) is 9.78. The fourth-order valence-corrected chi connectivity index (χ4v) is 3.99. The van der Waals surface area contributed by atoms with Gasteiger partial charge in [0.05, 0.1) is 26.2 Å². The third-order valence-electron chi connectivity index (χ3n) is 5.27. The molecule has 3 aromatic rings. The lowest BCUT2D eigenvalue weighted by Gasteiger charge is -2.35. The van der Waals surface area contributed by atoms with Gasteiger partial charge in [0.2, 0.25) is 0 Å². The zero-order valence-electron chi connectivity index (χ0n) is 16.6. The van der Waals surface area contributed by atoms with Crippen molar-refractivity contribution < 1.29 is 19.1 Å². The summed E-state index contributed by atoms with van der Waals surface area (Å²) in [5, 5.41) is 0.920. The Hall–Kier alpha value is -3.28. The average molecular weight is 392 g/mol. The van der Waals surface area contributed by atoms with E-state index in [2.05, 4.69) is 0 Å². The van der Waals surface area contributed by atoms with Gasteiger partial charge in [0.15, 0.2) is 0 Å². The van der Waals surface area contributed by atoms with Crippen LogP contribution in [0.1, 0.15) is 35.4 Å². The number of aromatic nitrogens is 1. The Morgan fingerprint density at radius 2 is 1.93 bits per heavy atom. The first-order chi connectivity index (χ1) is 14.1. The van der Waals surface area contributed by atoms with Crippen molar-refractivity contribution in [3.63, 3.8) is 0 Å². The van der Waals surface area contributed by atoms with Gasteiger partial charge < -0.3 is 18.9 Å². The Morgan fingerprint density at radius 1 is 1.14 bits per heavy atom. The molecule has 0 bridgehead atoms. The molecule has 6 nitrogen and oxygen atoms in total. The van der Waals surface area contributed by atoms with Gasteiger partial charge in [0.1, 0.15) is 11.4 Å². The van der Waals surface area contributed by atoms with Crippen LogP contribution < -0.4 is 4.74 Å². The first-order valence-corrected chi connectivity index (χ1v) is 9.78. The number of hydrogen-bond acceptors (Lipinski definition) is 4. The molecule has 1 aliphatic heterocycles. The Balaban J connectivity index is 1.75. The molecule has 0 saturated heterocycles. The third-order valence-corrected chi connectivity index (χ3v) is 5.27. The summed E-state index contributed by atoms with van der Waals surface area (Å²) in [6.45, 7) is 3.10. The zero-order chi connectivity index (χ0) is 20.4. The lowest BCUT2D eigenvalue weighted by molar-refractivity contribution is -0.144. The van der Waals surface area contributed by atoms with Crippen molar-refractivity contribution in [2.75, 3.05) is 20.3 Å². The molecule has 1 aromatic heterocycles. The van der Waals surface area contributed by atoms with Crippen molar-refractivity contribution in [2.45, 2.75) is 25.9 Å². The van der Waals surface area contributed by atoms with Crippen LogP contribution in [0.4, 0.5) is 0 Å². The van der Waals surface area contributed by atoms with Gasteiger partial charge in [0, 0.05) is 24.0 Å². The van der Waals surface area contributed by atoms with Crippen molar-refractivity contribution >= 4 is 22.8 Å². The van der Waals surface area contributed by atoms with Crippen molar-refractivity contribution in [3.8, 4) is 5.75 Å². The highest BCUT2D eigenvalue weighted by atomic mass is 16.5. The molecular weight excluding hydrogens is 368 g/mol. The minimum Gasteiger partial charge on any atom is -0.497 e. The van der Waals surface area contributed by atoms with Gasteiger partial charge in [0.25, 0.3) is 5.91 Å². The molecule has 2 heterocycles. The van der Waals surface area contributed by atoms with Crippen LogP contribution in [0.15, 0.2) is 54.6 Å². The van der Waals surface area contributed by atoms with E-state index in [0.717, 1.165) is 22.2 Å². The molecular formula is C23H24N2O4. The molecule has 2 aromatic carbocycles. The lowest BCUT2D eigenvalue weighted by Crippen LogP contribution is -2.43. The molecule has 0 aliphatic carbocycles. The van der Waals surface area contributed by atoms with Gasteiger partial charge in [-0.3, -0.25) is 9.59 Å². The van der Waals surface area contributed by atoms with Crippen LogP contribution in [0.25, 0.3) is 10.9 Å². The summed E-state index contributed by atoms with van der Waals surface area (Å²) >= 11 is 0. The molecule has 1 atom stereocenters. The molecule has 0 saturated carbocycles. The number of ether oxygens (including phenoxy) is 2. The maximum absolute atomic E-state index is 13.3. The normalized spacial score (nSPS) is 16.0. The summed E-state index contributed by atoms with van der Waals surface area (Å²) in [6.07, 6.45) is 0.217. The molecule has 150 valence electrons. The number of esters is 1. The van der Waals surface area contributed by atoms with E-state index in [-0.39, 0.29) is 24.3 Å². The van der Waals surface area contributed by atoms with Crippen LogP contribution in [0.5, 0.6) is 5.75 Å². The predicted molar refractivity (Wildman–Crippen MR) is 110 cm³/mol. The highest BCUT2D eigenvalue weighted by Crippen LogP contribution is 2.34. The smallest absolute Gasteiger partial charge is 0.307 e. The van der Waals surface area contributed by atoms with Crippen LogP contribution in [-0.4, -0.2) is 41.6 Å². The summed E-state index contributed by atoms with van der Waals surface area (Å²) < 4.78 is 12.5. The molecule has 1 aliphatic rings. The van der Waals surface area contributed by atoms with Crippen LogP contribution in [0, 0.1) is 0 Å². The molecule has 0 N–H and O–H groups in total. The van der Waals surface area contributed by atoms with Gasteiger partial charge >= 0.3 is 5.97 Å². The SMILES string of the molecule is CCOC(=O)CC1CN(Cc2ccccc2)C(=O)c2cc3cc(OC)ccc3n21. The minimum atomic E-state index is -0.257. The standard InChI is InChI=1S/C23H24N2O4/c1-3-29-22(26)13-18-15-24(14-16-7-5-4-6-8-16)23(27)21-12-17-11-19(28-2)9-10-20(17)25(18)21/h4-12,18H,3,13-15H2,1-2H3.